The average Bonchev–Trinajstić information content (AvgIpc) is 2.92. The highest BCUT2D eigenvalue weighted by atomic mass is 35.5. The van der Waals surface area contributed by atoms with Gasteiger partial charge in [0.05, 0.1) is 11.5 Å². The molecule has 1 fully saturated rings. The number of hydrogen-bond donors (Lipinski definition) is 3. The lowest BCUT2D eigenvalue weighted by Gasteiger charge is -2.15. The van der Waals surface area contributed by atoms with E-state index in [1.54, 1.807) is 24.3 Å². The molecule has 1 aromatic carbocycles. The van der Waals surface area contributed by atoms with Crippen molar-refractivity contribution in [1.82, 2.24) is 10.6 Å². The van der Waals surface area contributed by atoms with Gasteiger partial charge in [-0.25, -0.2) is 8.42 Å². The van der Waals surface area contributed by atoms with Gasteiger partial charge in [0.1, 0.15) is 0 Å². The normalized spacial score (nSPS) is 19.2. The Kier molecular flexibility index (Phi) is 7.71. The van der Waals surface area contributed by atoms with Crippen LogP contribution in [-0.4, -0.2) is 50.9 Å². The van der Waals surface area contributed by atoms with Crippen LogP contribution in [0.25, 0.3) is 0 Å². The SMILES string of the molecule is CCNC(=NCCCC(=O)Nc1ccc(Cl)cc1)NC1CCS(=O)(=O)C1. The highest BCUT2D eigenvalue weighted by Crippen LogP contribution is 2.14. The molecular formula is C17H25ClN4O3S. The summed E-state index contributed by atoms with van der Waals surface area (Å²) in [5, 5.41) is 9.68. The van der Waals surface area contributed by atoms with Crippen LogP contribution >= 0.6 is 11.6 Å². The van der Waals surface area contributed by atoms with Crippen LogP contribution in [0.3, 0.4) is 0 Å². The number of aliphatic imine (C=N–C) groups is 1. The Morgan fingerprint density at radius 1 is 1.31 bits per heavy atom. The second-order valence-corrected chi connectivity index (χ2v) is 8.83. The van der Waals surface area contributed by atoms with Crippen LogP contribution < -0.4 is 16.0 Å². The third-order valence-corrected chi connectivity index (χ3v) is 5.90. The minimum absolute atomic E-state index is 0.0811. The van der Waals surface area contributed by atoms with Crippen molar-refractivity contribution in [2.24, 2.45) is 4.99 Å². The number of nitrogens with zero attached hydrogens (tertiary/aromatic N) is 1. The van der Waals surface area contributed by atoms with Crippen molar-refractivity contribution in [3.8, 4) is 0 Å². The number of rotatable bonds is 7. The van der Waals surface area contributed by atoms with Crippen molar-refractivity contribution in [2.75, 3.05) is 29.9 Å². The van der Waals surface area contributed by atoms with Crippen molar-refractivity contribution in [3.05, 3.63) is 29.3 Å². The van der Waals surface area contributed by atoms with Gasteiger partial charge in [0, 0.05) is 36.3 Å². The summed E-state index contributed by atoms with van der Waals surface area (Å²) >= 11 is 5.81. The average molecular weight is 401 g/mol. The topological polar surface area (TPSA) is 99.7 Å². The molecule has 1 aromatic rings. The fraction of sp³-hybridized carbons (Fsp3) is 0.529. The number of carbonyl (C=O) groups excluding carboxylic acids is 1. The highest BCUT2D eigenvalue weighted by Gasteiger charge is 2.28. The van der Waals surface area contributed by atoms with Gasteiger partial charge in [-0.15, -0.1) is 0 Å². The molecular weight excluding hydrogens is 376 g/mol. The molecule has 0 spiro atoms. The number of sulfone groups is 1. The predicted octanol–water partition coefficient (Wildman–Crippen LogP) is 1.80. The van der Waals surface area contributed by atoms with Gasteiger partial charge in [-0.3, -0.25) is 9.79 Å². The number of anilines is 1. The monoisotopic (exact) mass is 400 g/mol. The van der Waals surface area contributed by atoms with Crippen molar-refractivity contribution >= 4 is 39.0 Å². The largest absolute Gasteiger partial charge is 0.357 e. The second-order valence-electron chi connectivity index (χ2n) is 6.16. The molecule has 26 heavy (non-hydrogen) atoms. The van der Waals surface area contributed by atoms with E-state index in [0.29, 0.717) is 49.0 Å². The van der Waals surface area contributed by atoms with E-state index in [1.807, 2.05) is 6.92 Å². The number of amides is 1. The molecule has 0 saturated carbocycles. The molecule has 0 radical (unpaired) electrons. The zero-order chi connectivity index (χ0) is 19.0. The maximum absolute atomic E-state index is 11.9. The molecule has 144 valence electrons. The van der Waals surface area contributed by atoms with Crippen LogP contribution in [0.1, 0.15) is 26.2 Å². The Balaban J connectivity index is 1.75. The molecule has 1 aliphatic rings. The molecule has 1 unspecified atom stereocenters. The lowest BCUT2D eigenvalue weighted by molar-refractivity contribution is -0.116. The van der Waals surface area contributed by atoms with E-state index in [1.165, 1.54) is 0 Å². The lowest BCUT2D eigenvalue weighted by atomic mass is 10.2. The molecule has 7 nitrogen and oxygen atoms in total. The molecule has 1 heterocycles. The minimum Gasteiger partial charge on any atom is -0.357 e. The predicted molar refractivity (Wildman–Crippen MR) is 105 cm³/mol. The summed E-state index contributed by atoms with van der Waals surface area (Å²) < 4.78 is 23.1. The summed E-state index contributed by atoms with van der Waals surface area (Å²) in [7, 11) is -2.93. The quantitative estimate of drug-likeness (QED) is 0.368. The molecule has 1 atom stereocenters. The zero-order valence-electron chi connectivity index (χ0n) is 14.8. The Labute approximate surface area is 159 Å². The zero-order valence-corrected chi connectivity index (χ0v) is 16.4. The summed E-state index contributed by atoms with van der Waals surface area (Å²) in [6.07, 6.45) is 1.54. The summed E-state index contributed by atoms with van der Waals surface area (Å²) in [5.74, 6) is 0.866. The van der Waals surface area contributed by atoms with Crippen LogP contribution in [0, 0.1) is 0 Å². The number of halogens is 1. The third kappa shape index (κ3) is 7.21. The fourth-order valence-electron chi connectivity index (χ4n) is 2.61. The van der Waals surface area contributed by atoms with Crippen molar-refractivity contribution in [3.63, 3.8) is 0 Å². The second kappa shape index (κ2) is 9.78. The van der Waals surface area contributed by atoms with Gasteiger partial charge in [-0.05, 0) is 44.0 Å². The van der Waals surface area contributed by atoms with E-state index in [-0.39, 0.29) is 23.5 Å². The molecule has 1 aliphatic heterocycles. The smallest absolute Gasteiger partial charge is 0.224 e. The van der Waals surface area contributed by atoms with E-state index in [4.69, 9.17) is 11.6 Å². The van der Waals surface area contributed by atoms with Crippen LogP contribution in [0.4, 0.5) is 5.69 Å². The summed E-state index contributed by atoms with van der Waals surface area (Å²) in [4.78, 5) is 16.3. The van der Waals surface area contributed by atoms with Gasteiger partial charge in [0.2, 0.25) is 5.91 Å². The first-order valence-electron chi connectivity index (χ1n) is 8.68. The standard InChI is InChI=1S/C17H25ClN4O3S/c1-2-19-17(22-15-9-11-26(24,25)12-15)20-10-3-4-16(23)21-14-7-5-13(18)6-8-14/h5-8,15H,2-4,9-12H2,1H3,(H,21,23)(H2,19,20,22). The van der Waals surface area contributed by atoms with Crippen LogP contribution in [-0.2, 0) is 14.6 Å². The van der Waals surface area contributed by atoms with Gasteiger partial charge in [0.15, 0.2) is 15.8 Å². The maximum Gasteiger partial charge on any atom is 0.224 e. The van der Waals surface area contributed by atoms with Gasteiger partial charge in [-0.1, -0.05) is 11.6 Å². The molecule has 1 amide bonds. The molecule has 9 heteroatoms. The number of nitrogens with one attached hydrogen (secondary N) is 3. The van der Waals surface area contributed by atoms with E-state index in [9.17, 15) is 13.2 Å². The number of guanidine groups is 1. The van der Waals surface area contributed by atoms with E-state index in [0.717, 1.165) is 0 Å². The Morgan fingerprint density at radius 2 is 2.04 bits per heavy atom. The van der Waals surface area contributed by atoms with Crippen molar-refractivity contribution in [2.45, 2.75) is 32.2 Å². The Bertz CT molecular complexity index is 735. The first-order chi connectivity index (χ1) is 12.4. The summed E-state index contributed by atoms with van der Waals surface area (Å²) in [6.45, 7) is 3.10. The fourth-order valence-corrected chi connectivity index (χ4v) is 4.41. The molecule has 3 N–H and O–H groups in total. The Morgan fingerprint density at radius 3 is 2.65 bits per heavy atom. The molecule has 0 aromatic heterocycles. The van der Waals surface area contributed by atoms with Gasteiger partial charge >= 0.3 is 0 Å². The summed E-state index contributed by atoms with van der Waals surface area (Å²) in [6, 6.07) is 6.84. The van der Waals surface area contributed by atoms with Crippen LogP contribution in [0.2, 0.25) is 5.02 Å². The highest BCUT2D eigenvalue weighted by molar-refractivity contribution is 7.91. The number of hydrogen-bond acceptors (Lipinski definition) is 4. The Hall–Kier alpha value is -1.80. The molecule has 1 saturated heterocycles. The van der Waals surface area contributed by atoms with E-state index >= 15 is 0 Å². The third-order valence-electron chi connectivity index (χ3n) is 3.88. The van der Waals surface area contributed by atoms with Gasteiger partial charge < -0.3 is 16.0 Å². The molecule has 0 bridgehead atoms. The van der Waals surface area contributed by atoms with Crippen molar-refractivity contribution < 1.29 is 13.2 Å². The molecule has 0 aliphatic carbocycles. The van der Waals surface area contributed by atoms with Crippen LogP contribution in [0.5, 0.6) is 0 Å². The molecule has 2 rings (SSSR count). The van der Waals surface area contributed by atoms with Crippen molar-refractivity contribution in [1.29, 1.82) is 0 Å². The summed E-state index contributed by atoms with van der Waals surface area (Å²) in [5.41, 5.74) is 0.709. The first-order valence-corrected chi connectivity index (χ1v) is 10.9. The first kappa shape index (κ1) is 20.5. The number of benzene rings is 1. The van der Waals surface area contributed by atoms with Gasteiger partial charge in [0.25, 0.3) is 0 Å². The van der Waals surface area contributed by atoms with E-state index < -0.39 is 9.84 Å². The van der Waals surface area contributed by atoms with Crippen LogP contribution in [0.15, 0.2) is 29.3 Å². The number of carbonyl (C=O) groups is 1. The lowest BCUT2D eigenvalue weighted by Crippen LogP contribution is -2.44. The van der Waals surface area contributed by atoms with Gasteiger partial charge in [-0.2, -0.15) is 0 Å². The van der Waals surface area contributed by atoms with E-state index in [2.05, 4.69) is 20.9 Å². The minimum atomic E-state index is -2.93. The maximum atomic E-state index is 11.9.